The molecule has 32 heavy (non-hydrogen) atoms. The molecule has 0 spiro atoms. The molecule has 5 rings (SSSR count). The fourth-order valence-corrected chi connectivity index (χ4v) is 4.40. The summed E-state index contributed by atoms with van der Waals surface area (Å²) in [7, 11) is 1.49. The zero-order valence-electron chi connectivity index (χ0n) is 17.9. The van der Waals surface area contributed by atoms with Crippen LogP contribution in [0.3, 0.4) is 0 Å². The SMILES string of the molecule is CNC(=O)c1ccc(N2CCN(Cc3cc4c5c(cnn5c3)[C@H](C)C(=O)N4)CC2)c(F)n1. The number of nitrogens with one attached hydrogen (secondary N) is 2. The van der Waals surface area contributed by atoms with Crippen molar-refractivity contribution in [3.63, 3.8) is 0 Å². The van der Waals surface area contributed by atoms with E-state index in [1.165, 1.54) is 13.1 Å². The van der Waals surface area contributed by atoms with Gasteiger partial charge in [0.25, 0.3) is 5.91 Å². The Labute approximate surface area is 184 Å². The molecule has 9 nitrogen and oxygen atoms in total. The van der Waals surface area contributed by atoms with E-state index in [1.54, 1.807) is 12.3 Å². The molecule has 0 unspecified atom stereocenters. The molecule has 2 aliphatic rings. The zero-order valence-corrected chi connectivity index (χ0v) is 17.9. The zero-order chi connectivity index (χ0) is 22.4. The van der Waals surface area contributed by atoms with Crippen LogP contribution in [0.25, 0.3) is 5.52 Å². The van der Waals surface area contributed by atoms with Gasteiger partial charge in [-0.05, 0) is 30.7 Å². The van der Waals surface area contributed by atoms with Gasteiger partial charge in [-0.2, -0.15) is 9.49 Å². The van der Waals surface area contributed by atoms with Gasteiger partial charge in [0.05, 0.1) is 29.0 Å². The average Bonchev–Trinajstić information content (AvgIpc) is 3.22. The van der Waals surface area contributed by atoms with E-state index in [2.05, 4.69) is 25.6 Å². The molecule has 0 radical (unpaired) electrons. The van der Waals surface area contributed by atoms with E-state index >= 15 is 0 Å². The van der Waals surface area contributed by atoms with Crippen LogP contribution in [-0.2, 0) is 11.3 Å². The summed E-state index contributed by atoms with van der Waals surface area (Å²) >= 11 is 0. The summed E-state index contributed by atoms with van der Waals surface area (Å²) < 4.78 is 16.3. The number of pyridine rings is 2. The molecule has 0 bridgehead atoms. The van der Waals surface area contributed by atoms with Crippen molar-refractivity contribution in [1.82, 2.24) is 24.8 Å². The van der Waals surface area contributed by atoms with Crippen LogP contribution in [0.5, 0.6) is 0 Å². The predicted octanol–water partition coefficient (Wildman–Crippen LogP) is 1.61. The lowest BCUT2D eigenvalue weighted by Gasteiger charge is -2.36. The van der Waals surface area contributed by atoms with Crippen molar-refractivity contribution in [1.29, 1.82) is 0 Å². The minimum atomic E-state index is -0.636. The first-order chi connectivity index (χ1) is 15.4. The van der Waals surface area contributed by atoms with E-state index in [0.717, 1.165) is 35.4 Å². The van der Waals surface area contributed by atoms with Crippen LogP contribution in [0.4, 0.5) is 15.8 Å². The molecule has 2 N–H and O–H groups in total. The number of hydrogen-bond acceptors (Lipinski definition) is 6. The number of carbonyl (C=O) groups excluding carboxylic acids is 2. The molecule has 0 aromatic carbocycles. The lowest BCUT2D eigenvalue weighted by atomic mass is 9.97. The van der Waals surface area contributed by atoms with Gasteiger partial charge in [-0.1, -0.05) is 0 Å². The number of halogens is 1. The molecule has 2 aliphatic heterocycles. The summed E-state index contributed by atoms with van der Waals surface area (Å²) in [5, 5.41) is 9.87. The van der Waals surface area contributed by atoms with E-state index < -0.39 is 11.9 Å². The second-order valence-corrected chi connectivity index (χ2v) is 8.21. The van der Waals surface area contributed by atoms with Crippen LogP contribution in [0.2, 0.25) is 0 Å². The molecule has 1 atom stereocenters. The highest BCUT2D eigenvalue weighted by Crippen LogP contribution is 2.33. The van der Waals surface area contributed by atoms with Crippen LogP contribution in [-0.4, -0.2) is 64.5 Å². The monoisotopic (exact) mass is 437 g/mol. The number of hydrogen-bond donors (Lipinski definition) is 2. The standard InChI is InChI=1S/C22H24FN7O2/c1-13-15-10-25-30-12-14(9-17(19(15)30)27-21(13)31)11-28-5-7-29(8-6-28)18-4-3-16(22(32)24-2)26-20(18)23/h3-4,9-10,12-13H,5-8,11H2,1-2H3,(H,24,32)(H,27,31)/t13-/m0/s1. The van der Waals surface area contributed by atoms with E-state index in [0.29, 0.717) is 25.3 Å². The summed E-state index contributed by atoms with van der Waals surface area (Å²) in [5.41, 5.74) is 4.21. The first-order valence-electron chi connectivity index (χ1n) is 10.6. The third kappa shape index (κ3) is 3.46. The van der Waals surface area contributed by atoms with Crippen molar-refractivity contribution in [3.8, 4) is 0 Å². The Morgan fingerprint density at radius 3 is 2.78 bits per heavy atom. The van der Waals surface area contributed by atoms with Crippen molar-refractivity contribution in [2.45, 2.75) is 19.4 Å². The first kappa shape index (κ1) is 20.4. The lowest BCUT2D eigenvalue weighted by Crippen LogP contribution is -2.46. The van der Waals surface area contributed by atoms with Crippen molar-refractivity contribution >= 4 is 28.7 Å². The highest BCUT2D eigenvalue weighted by atomic mass is 19.1. The summed E-state index contributed by atoms with van der Waals surface area (Å²) in [6.07, 6.45) is 3.77. The van der Waals surface area contributed by atoms with Crippen molar-refractivity contribution in [2.24, 2.45) is 0 Å². The molecular formula is C22H24FN7O2. The Morgan fingerprint density at radius 1 is 1.28 bits per heavy atom. The number of carbonyl (C=O) groups is 2. The first-order valence-corrected chi connectivity index (χ1v) is 10.6. The second-order valence-electron chi connectivity index (χ2n) is 8.21. The van der Waals surface area contributed by atoms with Crippen LogP contribution in [0, 0.1) is 5.95 Å². The average molecular weight is 437 g/mol. The van der Waals surface area contributed by atoms with Gasteiger partial charge in [-0.25, -0.2) is 9.50 Å². The van der Waals surface area contributed by atoms with Gasteiger partial charge in [0.1, 0.15) is 5.69 Å². The molecule has 166 valence electrons. The molecule has 2 amide bonds. The van der Waals surface area contributed by atoms with Crippen molar-refractivity contribution < 1.29 is 14.0 Å². The van der Waals surface area contributed by atoms with E-state index in [1.807, 2.05) is 28.6 Å². The molecule has 3 aromatic rings. The number of aromatic nitrogens is 3. The summed E-state index contributed by atoms with van der Waals surface area (Å²) in [5.74, 6) is -1.27. The smallest absolute Gasteiger partial charge is 0.269 e. The quantitative estimate of drug-likeness (QED) is 0.603. The second kappa shape index (κ2) is 7.86. The molecule has 5 heterocycles. The third-order valence-corrected chi connectivity index (χ3v) is 6.22. The molecule has 1 fully saturated rings. The fraction of sp³-hybridized carbons (Fsp3) is 0.364. The Morgan fingerprint density at radius 2 is 2.06 bits per heavy atom. The molecule has 10 heteroatoms. The summed E-state index contributed by atoms with van der Waals surface area (Å²) in [6.45, 7) is 5.37. The van der Waals surface area contributed by atoms with E-state index in [9.17, 15) is 14.0 Å². The van der Waals surface area contributed by atoms with Crippen LogP contribution >= 0.6 is 0 Å². The predicted molar refractivity (Wildman–Crippen MR) is 117 cm³/mol. The summed E-state index contributed by atoms with van der Waals surface area (Å²) in [6, 6.07) is 5.16. The van der Waals surface area contributed by atoms with E-state index in [-0.39, 0.29) is 17.5 Å². The Balaban J connectivity index is 1.27. The maximum atomic E-state index is 14.5. The highest BCUT2D eigenvalue weighted by molar-refractivity contribution is 6.04. The molecule has 0 saturated carbocycles. The number of amides is 2. The highest BCUT2D eigenvalue weighted by Gasteiger charge is 2.28. The number of rotatable bonds is 4. The van der Waals surface area contributed by atoms with Crippen LogP contribution in [0.1, 0.15) is 34.5 Å². The maximum Gasteiger partial charge on any atom is 0.269 e. The van der Waals surface area contributed by atoms with Gasteiger partial charge in [-0.3, -0.25) is 14.5 Å². The minimum absolute atomic E-state index is 0.0174. The van der Waals surface area contributed by atoms with Crippen molar-refractivity contribution in [3.05, 3.63) is 53.4 Å². The number of anilines is 2. The topological polar surface area (TPSA) is 94.9 Å². The Kier molecular flexibility index (Phi) is 5.01. The summed E-state index contributed by atoms with van der Waals surface area (Å²) in [4.78, 5) is 31.9. The van der Waals surface area contributed by atoms with Gasteiger partial charge in [0, 0.05) is 51.5 Å². The number of piperazine rings is 1. The molecule has 3 aromatic heterocycles. The molecular weight excluding hydrogens is 413 g/mol. The van der Waals surface area contributed by atoms with Crippen LogP contribution in [0.15, 0.2) is 30.6 Å². The van der Waals surface area contributed by atoms with Gasteiger partial charge in [0.2, 0.25) is 11.9 Å². The third-order valence-electron chi connectivity index (χ3n) is 6.22. The van der Waals surface area contributed by atoms with E-state index in [4.69, 9.17) is 0 Å². The Bertz CT molecular complexity index is 1220. The van der Waals surface area contributed by atoms with Gasteiger partial charge in [-0.15, -0.1) is 0 Å². The lowest BCUT2D eigenvalue weighted by molar-refractivity contribution is -0.117. The molecule has 1 saturated heterocycles. The number of nitrogens with zero attached hydrogens (tertiary/aromatic N) is 5. The fourth-order valence-electron chi connectivity index (χ4n) is 4.40. The largest absolute Gasteiger partial charge is 0.365 e. The van der Waals surface area contributed by atoms with Crippen molar-refractivity contribution in [2.75, 3.05) is 43.4 Å². The van der Waals surface area contributed by atoms with Gasteiger partial charge < -0.3 is 15.5 Å². The minimum Gasteiger partial charge on any atom is -0.365 e. The van der Waals surface area contributed by atoms with Gasteiger partial charge >= 0.3 is 0 Å². The normalized spacial score (nSPS) is 18.7. The van der Waals surface area contributed by atoms with Crippen LogP contribution < -0.4 is 15.5 Å². The molecule has 0 aliphatic carbocycles. The van der Waals surface area contributed by atoms with Gasteiger partial charge in [0.15, 0.2) is 0 Å². The maximum absolute atomic E-state index is 14.5. The Hall–Kier alpha value is -3.53.